The van der Waals surface area contributed by atoms with Crippen molar-refractivity contribution in [2.75, 3.05) is 37.6 Å². The molecule has 0 radical (unpaired) electrons. The molecule has 0 atom stereocenters. The van der Waals surface area contributed by atoms with Gasteiger partial charge in [-0.1, -0.05) is 25.1 Å². The second-order valence-electron chi connectivity index (χ2n) is 7.12. The van der Waals surface area contributed by atoms with Gasteiger partial charge < -0.3 is 15.1 Å². The Hall–Kier alpha value is -2.21. The van der Waals surface area contributed by atoms with E-state index in [4.69, 9.17) is 4.99 Å². The summed E-state index contributed by atoms with van der Waals surface area (Å²) in [5, 5.41) is 8.93. The molecule has 0 spiro atoms. The van der Waals surface area contributed by atoms with Crippen molar-refractivity contribution < 1.29 is 0 Å². The monoisotopic (exact) mass is 552 g/mol. The van der Waals surface area contributed by atoms with Crippen LogP contribution >= 0.6 is 35.5 Å². The Morgan fingerprint density at radius 2 is 1.90 bits per heavy atom. The molecule has 4 rings (SSSR count). The van der Waals surface area contributed by atoms with Crippen LogP contribution in [0.5, 0.6) is 0 Å². The van der Waals surface area contributed by atoms with Gasteiger partial charge in [0.25, 0.3) is 0 Å². The molecular formula is C21H29IN8S. The van der Waals surface area contributed by atoms with E-state index in [2.05, 4.69) is 43.4 Å². The van der Waals surface area contributed by atoms with E-state index in [0.29, 0.717) is 6.54 Å². The number of aromatic nitrogens is 4. The van der Waals surface area contributed by atoms with E-state index in [-0.39, 0.29) is 24.0 Å². The van der Waals surface area contributed by atoms with Gasteiger partial charge in [-0.05, 0) is 19.1 Å². The average Bonchev–Trinajstić information content (AvgIpc) is 3.47. The highest BCUT2D eigenvalue weighted by Gasteiger charge is 2.22. The number of benzene rings is 1. The van der Waals surface area contributed by atoms with Crippen LogP contribution in [0.4, 0.5) is 5.13 Å². The number of halogens is 1. The second kappa shape index (κ2) is 11.4. The summed E-state index contributed by atoms with van der Waals surface area (Å²) >= 11 is 1.50. The SMILES string of the molecule is CCNC(=NCc1cnn(-c2ccccc2)c1)N1CCN(c2nc(CC)ns2)CC1.I. The largest absolute Gasteiger partial charge is 0.357 e. The zero-order chi connectivity index (χ0) is 20.8. The molecule has 166 valence electrons. The minimum absolute atomic E-state index is 0. The lowest BCUT2D eigenvalue weighted by Crippen LogP contribution is -2.52. The molecule has 0 bridgehead atoms. The Bertz CT molecular complexity index is 963. The molecule has 10 heteroatoms. The molecule has 0 amide bonds. The summed E-state index contributed by atoms with van der Waals surface area (Å²) in [6.07, 6.45) is 4.81. The van der Waals surface area contributed by atoms with Crippen LogP contribution in [0.1, 0.15) is 25.2 Å². The minimum Gasteiger partial charge on any atom is -0.357 e. The van der Waals surface area contributed by atoms with Gasteiger partial charge in [-0.2, -0.15) is 9.47 Å². The van der Waals surface area contributed by atoms with Gasteiger partial charge in [0.2, 0.25) is 5.13 Å². The first-order chi connectivity index (χ1) is 14.8. The highest BCUT2D eigenvalue weighted by Crippen LogP contribution is 2.19. The summed E-state index contributed by atoms with van der Waals surface area (Å²) in [6, 6.07) is 10.1. The lowest BCUT2D eigenvalue weighted by Gasteiger charge is -2.36. The van der Waals surface area contributed by atoms with E-state index in [1.54, 1.807) is 0 Å². The van der Waals surface area contributed by atoms with Crippen molar-refractivity contribution in [3.05, 3.63) is 54.1 Å². The fourth-order valence-electron chi connectivity index (χ4n) is 3.38. The van der Waals surface area contributed by atoms with Gasteiger partial charge >= 0.3 is 0 Å². The van der Waals surface area contributed by atoms with E-state index in [0.717, 1.165) is 67.3 Å². The van der Waals surface area contributed by atoms with Crippen LogP contribution in [0, 0.1) is 0 Å². The number of para-hydroxylation sites is 1. The maximum Gasteiger partial charge on any atom is 0.205 e. The van der Waals surface area contributed by atoms with Crippen molar-refractivity contribution in [3.63, 3.8) is 0 Å². The maximum absolute atomic E-state index is 4.86. The number of aryl methyl sites for hydroxylation is 1. The molecule has 1 N–H and O–H groups in total. The number of rotatable bonds is 6. The standard InChI is InChI=1S/C21H28N8S.HI/c1-3-19-25-21(30-26-19)28-12-10-27(11-13-28)20(22-4-2)23-14-17-15-24-29(16-17)18-8-6-5-7-9-18;/h5-9,15-16H,3-4,10-14H2,1-2H3,(H,22,23);1H. The normalized spacial score (nSPS) is 14.5. The summed E-state index contributed by atoms with van der Waals surface area (Å²) in [5.74, 6) is 1.89. The molecule has 0 unspecified atom stereocenters. The van der Waals surface area contributed by atoms with Crippen LogP contribution in [0.25, 0.3) is 5.69 Å². The van der Waals surface area contributed by atoms with Crippen LogP contribution < -0.4 is 10.2 Å². The Labute approximate surface area is 204 Å². The van der Waals surface area contributed by atoms with E-state index >= 15 is 0 Å². The molecule has 3 heterocycles. The van der Waals surface area contributed by atoms with Crippen LogP contribution in [-0.2, 0) is 13.0 Å². The number of aliphatic imine (C=N–C) groups is 1. The lowest BCUT2D eigenvalue weighted by atomic mass is 10.3. The highest BCUT2D eigenvalue weighted by atomic mass is 127. The molecule has 31 heavy (non-hydrogen) atoms. The van der Waals surface area contributed by atoms with Crippen LogP contribution in [-0.4, -0.2) is 62.7 Å². The molecule has 1 fully saturated rings. The van der Waals surface area contributed by atoms with Gasteiger partial charge in [0.05, 0.1) is 18.4 Å². The van der Waals surface area contributed by atoms with E-state index < -0.39 is 0 Å². The number of hydrogen-bond donors (Lipinski definition) is 1. The van der Waals surface area contributed by atoms with E-state index in [1.807, 2.05) is 47.4 Å². The molecule has 2 aromatic heterocycles. The molecule has 1 aliphatic heterocycles. The minimum atomic E-state index is 0. The van der Waals surface area contributed by atoms with Gasteiger partial charge in [-0.15, -0.1) is 24.0 Å². The molecule has 8 nitrogen and oxygen atoms in total. The number of hydrogen-bond acceptors (Lipinski definition) is 6. The third-order valence-electron chi connectivity index (χ3n) is 5.03. The Balaban J connectivity index is 0.00000272. The molecule has 1 aromatic carbocycles. The fraction of sp³-hybridized carbons (Fsp3) is 0.429. The molecule has 0 saturated carbocycles. The molecule has 1 saturated heterocycles. The molecule has 3 aromatic rings. The van der Waals surface area contributed by atoms with Crippen molar-refractivity contribution in [2.45, 2.75) is 26.8 Å². The van der Waals surface area contributed by atoms with Crippen molar-refractivity contribution in [2.24, 2.45) is 4.99 Å². The van der Waals surface area contributed by atoms with Gasteiger partial charge in [0.1, 0.15) is 5.82 Å². The fourth-order valence-corrected chi connectivity index (χ4v) is 4.18. The predicted octanol–water partition coefficient (Wildman–Crippen LogP) is 3.19. The quantitative estimate of drug-likeness (QED) is 0.288. The van der Waals surface area contributed by atoms with Crippen LogP contribution in [0.15, 0.2) is 47.7 Å². The van der Waals surface area contributed by atoms with Crippen molar-refractivity contribution in [1.29, 1.82) is 0 Å². The maximum atomic E-state index is 4.86. The molecule has 0 aliphatic carbocycles. The predicted molar refractivity (Wildman–Crippen MR) is 137 cm³/mol. The topological polar surface area (TPSA) is 74.5 Å². The first-order valence-corrected chi connectivity index (χ1v) is 11.2. The third kappa shape index (κ3) is 5.94. The van der Waals surface area contributed by atoms with E-state index in [1.165, 1.54) is 11.5 Å². The third-order valence-corrected chi connectivity index (χ3v) is 5.84. The zero-order valence-corrected chi connectivity index (χ0v) is 21.1. The van der Waals surface area contributed by atoms with Crippen LogP contribution in [0.3, 0.4) is 0 Å². The summed E-state index contributed by atoms with van der Waals surface area (Å²) in [7, 11) is 0. The number of nitrogens with zero attached hydrogens (tertiary/aromatic N) is 7. The Morgan fingerprint density at radius 3 is 2.58 bits per heavy atom. The lowest BCUT2D eigenvalue weighted by molar-refractivity contribution is 0.372. The zero-order valence-electron chi connectivity index (χ0n) is 17.9. The first-order valence-electron chi connectivity index (χ1n) is 10.5. The number of nitrogens with one attached hydrogen (secondary N) is 1. The van der Waals surface area contributed by atoms with Crippen molar-refractivity contribution >= 4 is 46.6 Å². The molecule has 1 aliphatic rings. The molecular weight excluding hydrogens is 523 g/mol. The van der Waals surface area contributed by atoms with Gasteiger partial charge in [-0.25, -0.2) is 14.7 Å². The summed E-state index contributed by atoms with van der Waals surface area (Å²) in [5.41, 5.74) is 2.15. The highest BCUT2D eigenvalue weighted by molar-refractivity contribution is 14.0. The number of guanidine groups is 1. The van der Waals surface area contributed by atoms with Crippen molar-refractivity contribution in [3.8, 4) is 5.69 Å². The summed E-state index contributed by atoms with van der Waals surface area (Å²) in [4.78, 5) is 14.1. The first kappa shape index (κ1) is 23.5. The smallest absolute Gasteiger partial charge is 0.205 e. The van der Waals surface area contributed by atoms with Gasteiger partial charge in [-0.3, -0.25) is 0 Å². The summed E-state index contributed by atoms with van der Waals surface area (Å²) < 4.78 is 6.30. The Kier molecular flexibility index (Phi) is 8.64. The average molecular weight is 552 g/mol. The van der Waals surface area contributed by atoms with Crippen LogP contribution in [0.2, 0.25) is 0 Å². The Morgan fingerprint density at radius 1 is 1.13 bits per heavy atom. The van der Waals surface area contributed by atoms with Gasteiger partial charge in [0.15, 0.2) is 5.96 Å². The summed E-state index contributed by atoms with van der Waals surface area (Å²) in [6.45, 7) is 9.32. The van der Waals surface area contributed by atoms with E-state index in [9.17, 15) is 0 Å². The number of anilines is 1. The second-order valence-corrected chi connectivity index (χ2v) is 7.85. The van der Waals surface area contributed by atoms with Crippen molar-refractivity contribution in [1.82, 2.24) is 29.4 Å². The number of piperazine rings is 1. The van der Waals surface area contributed by atoms with Gasteiger partial charge in [0, 0.05) is 62.4 Å².